The number of nitrogens with one attached hydrogen (secondary N) is 1. The van der Waals surface area contributed by atoms with Crippen LogP contribution in [-0.4, -0.2) is 19.6 Å². The first-order valence-electron chi connectivity index (χ1n) is 7.00. The van der Waals surface area contributed by atoms with Gasteiger partial charge in [-0.25, -0.2) is 0 Å². The van der Waals surface area contributed by atoms with E-state index in [1.54, 1.807) is 0 Å². The molecule has 0 saturated heterocycles. The predicted octanol–water partition coefficient (Wildman–Crippen LogP) is 4.70. The van der Waals surface area contributed by atoms with E-state index in [0.29, 0.717) is 0 Å². The zero-order valence-electron chi connectivity index (χ0n) is 12.1. The number of halogens is 1. The Labute approximate surface area is 129 Å². The van der Waals surface area contributed by atoms with Crippen molar-refractivity contribution in [3.8, 4) is 0 Å². The normalized spacial score (nSPS) is 10.3. The van der Waals surface area contributed by atoms with Gasteiger partial charge in [0.1, 0.15) is 0 Å². The van der Waals surface area contributed by atoms with E-state index in [4.69, 9.17) is 0 Å². The van der Waals surface area contributed by atoms with Gasteiger partial charge < -0.3 is 10.2 Å². The van der Waals surface area contributed by atoms with Gasteiger partial charge in [-0.2, -0.15) is 0 Å². The molecule has 0 unspecified atom stereocenters. The molecule has 0 aliphatic heterocycles. The molecule has 0 fully saturated rings. The fourth-order valence-electron chi connectivity index (χ4n) is 2.30. The lowest BCUT2D eigenvalue weighted by atomic mass is 10.2. The molecule has 2 aromatic carbocycles. The summed E-state index contributed by atoms with van der Waals surface area (Å²) >= 11 is 3.49. The van der Waals surface area contributed by atoms with E-state index < -0.39 is 0 Å². The van der Waals surface area contributed by atoms with Crippen LogP contribution in [0.25, 0.3) is 0 Å². The van der Waals surface area contributed by atoms with Crippen molar-refractivity contribution in [1.29, 1.82) is 0 Å². The summed E-state index contributed by atoms with van der Waals surface area (Å²) < 4.78 is 1.11. The second-order valence-corrected chi connectivity index (χ2v) is 5.72. The second-order valence-electron chi connectivity index (χ2n) is 4.80. The molecular weight excluding hydrogens is 312 g/mol. The SMILES string of the molecule is CCN(CCNc1cccc(Br)c1)c1ccccc1C. The molecule has 0 aromatic heterocycles. The van der Waals surface area contributed by atoms with E-state index in [9.17, 15) is 0 Å². The molecule has 3 heteroatoms. The zero-order chi connectivity index (χ0) is 14.4. The summed E-state index contributed by atoms with van der Waals surface area (Å²) in [6.07, 6.45) is 0. The van der Waals surface area contributed by atoms with Crippen LogP contribution in [0.1, 0.15) is 12.5 Å². The van der Waals surface area contributed by atoms with Crippen LogP contribution >= 0.6 is 15.9 Å². The summed E-state index contributed by atoms with van der Waals surface area (Å²) in [5, 5.41) is 3.47. The molecule has 2 nitrogen and oxygen atoms in total. The lowest BCUT2D eigenvalue weighted by Gasteiger charge is -2.25. The highest BCUT2D eigenvalue weighted by Crippen LogP contribution is 2.19. The predicted molar refractivity (Wildman–Crippen MR) is 91.7 cm³/mol. The Balaban J connectivity index is 1.93. The van der Waals surface area contributed by atoms with Gasteiger partial charge in [0.2, 0.25) is 0 Å². The Morgan fingerprint density at radius 2 is 1.90 bits per heavy atom. The molecule has 0 saturated carbocycles. The first-order chi connectivity index (χ1) is 9.70. The molecule has 0 bridgehead atoms. The Hall–Kier alpha value is -1.48. The molecule has 2 aromatic rings. The fourth-order valence-corrected chi connectivity index (χ4v) is 2.70. The van der Waals surface area contributed by atoms with E-state index in [2.05, 4.69) is 76.4 Å². The standard InChI is InChI=1S/C17H21BrN2/c1-3-20(17-10-5-4-7-14(17)2)12-11-19-16-9-6-8-15(18)13-16/h4-10,13,19H,3,11-12H2,1-2H3. The number of benzene rings is 2. The highest BCUT2D eigenvalue weighted by atomic mass is 79.9. The zero-order valence-corrected chi connectivity index (χ0v) is 13.7. The van der Waals surface area contributed by atoms with Crippen LogP contribution in [0.5, 0.6) is 0 Å². The van der Waals surface area contributed by atoms with Crippen molar-refractivity contribution in [3.05, 3.63) is 58.6 Å². The maximum atomic E-state index is 3.49. The van der Waals surface area contributed by atoms with E-state index in [1.165, 1.54) is 11.3 Å². The molecule has 0 heterocycles. The first-order valence-corrected chi connectivity index (χ1v) is 7.80. The highest BCUT2D eigenvalue weighted by molar-refractivity contribution is 9.10. The van der Waals surface area contributed by atoms with Crippen LogP contribution in [0.4, 0.5) is 11.4 Å². The van der Waals surface area contributed by atoms with Gasteiger partial charge in [-0.05, 0) is 43.7 Å². The van der Waals surface area contributed by atoms with Crippen LogP contribution < -0.4 is 10.2 Å². The minimum absolute atomic E-state index is 0.929. The maximum Gasteiger partial charge on any atom is 0.0396 e. The van der Waals surface area contributed by atoms with Gasteiger partial charge >= 0.3 is 0 Å². The molecule has 0 spiro atoms. The largest absolute Gasteiger partial charge is 0.383 e. The number of hydrogen-bond acceptors (Lipinski definition) is 2. The average molecular weight is 333 g/mol. The summed E-state index contributed by atoms with van der Waals surface area (Å²) in [5.41, 5.74) is 3.81. The van der Waals surface area contributed by atoms with Crippen molar-refractivity contribution in [2.45, 2.75) is 13.8 Å². The number of rotatable bonds is 6. The number of hydrogen-bond donors (Lipinski definition) is 1. The van der Waals surface area contributed by atoms with E-state index in [1.807, 2.05) is 12.1 Å². The summed E-state index contributed by atoms with van der Waals surface area (Å²) in [7, 11) is 0. The van der Waals surface area contributed by atoms with Crippen molar-refractivity contribution >= 4 is 27.3 Å². The Morgan fingerprint density at radius 3 is 2.60 bits per heavy atom. The quantitative estimate of drug-likeness (QED) is 0.825. The molecule has 0 aliphatic carbocycles. The number of nitrogens with zero attached hydrogens (tertiary/aromatic N) is 1. The topological polar surface area (TPSA) is 15.3 Å². The van der Waals surface area contributed by atoms with Crippen LogP contribution in [-0.2, 0) is 0 Å². The molecule has 1 N–H and O–H groups in total. The summed E-state index contributed by atoms with van der Waals surface area (Å²) in [6.45, 7) is 7.31. The summed E-state index contributed by atoms with van der Waals surface area (Å²) in [4.78, 5) is 2.40. The molecule has 106 valence electrons. The van der Waals surface area contributed by atoms with Gasteiger partial charge in [-0.1, -0.05) is 40.2 Å². The van der Waals surface area contributed by atoms with Crippen molar-refractivity contribution in [2.24, 2.45) is 0 Å². The lowest BCUT2D eigenvalue weighted by Crippen LogP contribution is -2.29. The van der Waals surface area contributed by atoms with Gasteiger partial charge in [0, 0.05) is 35.5 Å². The fraction of sp³-hybridized carbons (Fsp3) is 0.294. The van der Waals surface area contributed by atoms with Crippen molar-refractivity contribution < 1.29 is 0 Å². The van der Waals surface area contributed by atoms with Gasteiger partial charge in [-0.15, -0.1) is 0 Å². The lowest BCUT2D eigenvalue weighted by molar-refractivity contribution is 0.831. The Morgan fingerprint density at radius 1 is 1.10 bits per heavy atom. The monoisotopic (exact) mass is 332 g/mol. The third-order valence-corrected chi connectivity index (χ3v) is 3.87. The number of anilines is 2. The van der Waals surface area contributed by atoms with Crippen LogP contribution in [0.15, 0.2) is 53.0 Å². The molecule has 2 rings (SSSR count). The maximum absolute atomic E-state index is 3.49. The molecule has 0 aliphatic rings. The van der Waals surface area contributed by atoms with Gasteiger partial charge in [-0.3, -0.25) is 0 Å². The van der Waals surface area contributed by atoms with E-state index >= 15 is 0 Å². The van der Waals surface area contributed by atoms with Crippen LogP contribution in [0.3, 0.4) is 0 Å². The van der Waals surface area contributed by atoms with Crippen LogP contribution in [0, 0.1) is 6.92 Å². The minimum atomic E-state index is 0.929. The minimum Gasteiger partial charge on any atom is -0.383 e. The molecule has 0 amide bonds. The van der Waals surface area contributed by atoms with Crippen molar-refractivity contribution in [2.75, 3.05) is 29.9 Å². The Bertz CT molecular complexity index is 554. The van der Waals surface area contributed by atoms with Crippen molar-refractivity contribution in [3.63, 3.8) is 0 Å². The summed E-state index contributed by atoms with van der Waals surface area (Å²) in [5.74, 6) is 0. The molecular formula is C17H21BrN2. The third-order valence-electron chi connectivity index (χ3n) is 3.37. The highest BCUT2D eigenvalue weighted by Gasteiger charge is 2.06. The third kappa shape index (κ3) is 4.01. The molecule has 0 radical (unpaired) electrons. The number of aryl methyl sites for hydroxylation is 1. The van der Waals surface area contributed by atoms with Crippen molar-refractivity contribution in [1.82, 2.24) is 0 Å². The van der Waals surface area contributed by atoms with Gasteiger partial charge in [0.25, 0.3) is 0 Å². The molecule has 0 atom stereocenters. The first kappa shape index (κ1) is 14.9. The smallest absolute Gasteiger partial charge is 0.0396 e. The molecule has 20 heavy (non-hydrogen) atoms. The second kappa shape index (κ2) is 7.34. The van der Waals surface area contributed by atoms with Gasteiger partial charge in [0.15, 0.2) is 0 Å². The summed E-state index contributed by atoms with van der Waals surface area (Å²) in [6, 6.07) is 16.8. The van der Waals surface area contributed by atoms with Crippen LogP contribution in [0.2, 0.25) is 0 Å². The number of para-hydroxylation sites is 1. The van der Waals surface area contributed by atoms with Gasteiger partial charge in [0.05, 0.1) is 0 Å². The average Bonchev–Trinajstić information content (AvgIpc) is 2.45. The van der Waals surface area contributed by atoms with E-state index in [-0.39, 0.29) is 0 Å². The Kier molecular flexibility index (Phi) is 5.48. The number of likely N-dealkylation sites (N-methyl/N-ethyl adjacent to an activating group) is 1. The van der Waals surface area contributed by atoms with E-state index in [0.717, 1.165) is 29.8 Å².